The fourth-order valence-corrected chi connectivity index (χ4v) is 5.31. The van der Waals surface area contributed by atoms with E-state index in [1.807, 2.05) is 11.3 Å². The summed E-state index contributed by atoms with van der Waals surface area (Å²) in [7, 11) is 0. The number of fused-ring (bicyclic) bond motifs is 1. The molecule has 3 aromatic rings. The van der Waals surface area contributed by atoms with Gasteiger partial charge in [0.1, 0.15) is 0 Å². The number of nitrogens with zero attached hydrogens (tertiary/aromatic N) is 2. The van der Waals surface area contributed by atoms with Crippen molar-refractivity contribution in [2.24, 2.45) is 0 Å². The highest BCUT2D eigenvalue weighted by Crippen LogP contribution is 2.25. The Bertz CT molecular complexity index is 827. The molecule has 0 aliphatic rings. The van der Waals surface area contributed by atoms with E-state index in [2.05, 4.69) is 54.9 Å². The molecule has 0 fully saturated rings. The largest absolute Gasteiger partial charge is 0.297 e. The van der Waals surface area contributed by atoms with Gasteiger partial charge in [-0.05, 0) is 31.2 Å². The molecule has 31 heavy (non-hydrogen) atoms. The maximum atomic E-state index is 4.89. The minimum Gasteiger partial charge on any atom is -0.297 e. The van der Waals surface area contributed by atoms with Gasteiger partial charge in [-0.2, -0.15) is 0 Å². The Balaban J connectivity index is 1.41. The molecular formula is C28H42N2S. The van der Waals surface area contributed by atoms with Crippen LogP contribution in [0.5, 0.6) is 0 Å². The van der Waals surface area contributed by atoms with Gasteiger partial charge in [0, 0.05) is 22.8 Å². The van der Waals surface area contributed by atoms with Gasteiger partial charge in [-0.15, -0.1) is 11.3 Å². The van der Waals surface area contributed by atoms with Crippen LogP contribution in [-0.2, 0) is 12.8 Å². The van der Waals surface area contributed by atoms with Crippen LogP contribution in [0.3, 0.4) is 0 Å². The van der Waals surface area contributed by atoms with Gasteiger partial charge >= 0.3 is 0 Å². The lowest BCUT2D eigenvalue weighted by Gasteiger charge is -2.04. The Morgan fingerprint density at radius 1 is 0.677 bits per heavy atom. The lowest BCUT2D eigenvalue weighted by molar-refractivity contribution is 0.575. The third-order valence-corrected chi connectivity index (χ3v) is 7.36. The Morgan fingerprint density at radius 3 is 1.87 bits per heavy atom. The second kappa shape index (κ2) is 13.7. The Hall–Kier alpha value is -1.61. The average Bonchev–Trinajstić information content (AvgIpc) is 3.35. The molecule has 0 N–H and O–H groups in total. The van der Waals surface area contributed by atoms with Crippen LogP contribution >= 0.6 is 11.3 Å². The standard InChI is InChI=1S/C28H42N2S/c1-3-5-7-9-10-11-13-14-16-24-18-20-25(21-19-24)27-23-30-22-26(31-28(30)29-27)17-15-12-8-6-4-2/h18-23H,3-17H2,1-2H3. The van der Waals surface area contributed by atoms with Crippen LogP contribution in [0, 0.1) is 0 Å². The van der Waals surface area contributed by atoms with E-state index in [1.165, 1.54) is 112 Å². The van der Waals surface area contributed by atoms with E-state index in [0.29, 0.717) is 0 Å². The lowest BCUT2D eigenvalue weighted by Crippen LogP contribution is -1.87. The first-order valence-corrected chi connectivity index (χ1v) is 13.7. The van der Waals surface area contributed by atoms with Crippen LogP contribution in [0.4, 0.5) is 0 Å². The molecule has 2 aromatic heterocycles. The van der Waals surface area contributed by atoms with Gasteiger partial charge < -0.3 is 0 Å². The zero-order chi connectivity index (χ0) is 21.7. The molecule has 0 radical (unpaired) electrons. The molecule has 0 amide bonds. The van der Waals surface area contributed by atoms with Gasteiger partial charge in [-0.3, -0.25) is 4.40 Å². The molecule has 170 valence electrons. The number of rotatable bonds is 16. The average molecular weight is 439 g/mol. The number of thiazole rings is 1. The molecule has 3 heteroatoms. The molecular weight excluding hydrogens is 396 g/mol. The summed E-state index contributed by atoms with van der Waals surface area (Å²) in [5.41, 5.74) is 3.79. The molecule has 0 unspecified atom stereocenters. The number of hydrogen-bond acceptors (Lipinski definition) is 2. The first kappa shape index (κ1) is 24.0. The summed E-state index contributed by atoms with van der Waals surface area (Å²) >= 11 is 1.85. The third-order valence-electron chi connectivity index (χ3n) is 6.30. The first-order valence-electron chi connectivity index (χ1n) is 12.9. The number of imidazole rings is 1. The lowest BCUT2D eigenvalue weighted by atomic mass is 10.0. The van der Waals surface area contributed by atoms with E-state index in [9.17, 15) is 0 Å². The summed E-state index contributed by atoms with van der Waals surface area (Å²) in [6, 6.07) is 9.10. The van der Waals surface area contributed by atoms with Crippen LogP contribution in [-0.4, -0.2) is 9.38 Å². The quantitative estimate of drug-likeness (QED) is 0.204. The van der Waals surface area contributed by atoms with Crippen LogP contribution in [0.25, 0.3) is 16.2 Å². The summed E-state index contributed by atoms with van der Waals surface area (Å²) in [4.78, 5) is 7.48. The highest BCUT2D eigenvalue weighted by molar-refractivity contribution is 7.17. The summed E-state index contributed by atoms with van der Waals surface area (Å²) in [6.07, 6.45) is 24.7. The van der Waals surface area contributed by atoms with Crippen molar-refractivity contribution in [2.75, 3.05) is 0 Å². The molecule has 0 atom stereocenters. The van der Waals surface area contributed by atoms with Crippen molar-refractivity contribution in [2.45, 2.75) is 110 Å². The van der Waals surface area contributed by atoms with Crippen LogP contribution in [0.2, 0.25) is 0 Å². The maximum absolute atomic E-state index is 4.89. The zero-order valence-corrected chi connectivity index (χ0v) is 20.7. The van der Waals surface area contributed by atoms with Crippen molar-refractivity contribution in [3.63, 3.8) is 0 Å². The fraction of sp³-hybridized carbons (Fsp3) is 0.607. The molecule has 0 saturated carbocycles. The SMILES string of the molecule is CCCCCCCCCCc1ccc(-c2cn3cc(CCCCCCC)sc3n2)cc1. The van der Waals surface area contributed by atoms with Crippen molar-refractivity contribution in [3.05, 3.63) is 47.1 Å². The van der Waals surface area contributed by atoms with E-state index < -0.39 is 0 Å². The summed E-state index contributed by atoms with van der Waals surface area (Å²) in [6.45, 7) is 4.56. The van der Waals surface area contributed by atoms with Gasteiger partial charge in [0.25, 0.3) is 0 Å². The van der Waals surface area contributed by atoms with Crippen molar-refractivity contribution < 1.29 is 0 Å². The van der Waals surface area contributed by atoms with Gasteiger partial charge in [-0.1, -0.05) is 109 Å². The van der Waals surface area contributed by atoms with E-state index in [1.54, 1.807) is 0 Å². The highest BCUT2D eigenvalue weighted by Gasteiger charge is 2.08. The molecule has 0 aliphatic carbocycles. The molecule has 2 heterocycles. The van der Waals surface area contributed by atoms with E-state index in [0.717, 1.165) is 10.7 Å². The van der Waals surface area contributed by atoms with Gasteiger partial charge in [0.15, 0.2) is 4.96 Å². The van der Waals surface area contributed by atoms with Crippen molar-refractivity contribution in [3.8, 4) is 11.3 Å². The Kier molecular flexibility index (Phi) is 10.6. The molecule has 0 spiro atoms. The Morgan fingerprint density at radius 2 is 1.26 bits per heavy atom. The molecule has 1 aromatic carbocycles. The van der Waals surface area contributed by atoms with Crippen LogP contribution < -0.4 is 0 Å². The summed E-state index contributed by atoms with van der Waals surface area (Å²) in [5, 5.41) is 0. The first-order chi connectivity index (χ1) is 15.3. The second-order valence-corrected chi connectivity index (χ2v) is 10.2. The third kappa shape index (κ3) is 8.11. The normalized spacial score (nSPS) is 11.5. The number of hydrogen-bond donors (Lipinski definition) is 0. The second-order valence-electron chi connectivity index (χ2n) is 9.10. The molecule has 3 rings (SSSR count). The monoisotopic (exact) mass is 438 g/mol. The summed E-state index contributed by atoms with van der Waals surface area (Å²) in [5.74, 6) is 0. The molecule has 0 aliphatic heterocycles. The molecule has 0 saturated heterocycles. The van der Waals surface area contributed by atoms with Gasteiger partial charge in [-0.25, -0.2) is 4.98 Å². The molecule has 2 nitrogen and oxygen atoms in total. The number of aromatic nitrogens is 2. The van der Waals surface area contributed by atoms with Crippen molar-refractivity contribution in [1.82, 2.24) is 9.38 Å². The minimum atomic E-state index is 1.10. The maximum Gasteiger partial charge on any atom is 0.194 e. The van der Waals surface area contributed by atoms with E-state index in [-0.39, 0.29) is 0 Å². The van der Waals surface area contributed by atoms with Crippen LogP contribution in [0.1, 0.15) is 108 Å². The zero-order valence-electron chi connectivity index (χ0n) is 19.9. The van der Waals surface area contributed by atoms with Crippen molar-refractivity contribution in [1.29, 1.82) is 0 Å². The van der Waals surface area contributed by atoms with E-state index in [4.69, 9.17) is 4.98 Å². The number of aryl methyl sites for hydroxylation is 2. The summed E-state index contributed by atoms with van der Waals surface area (Å²) < 4.78 is 2.22. The molecule has 0 bridgehead atoms. The van der Waals surface area contributed by atoms with Gasteiger partial charge in [0.2, 0.25) is 0 Å². The topological polar surface area (TPSA) is 17.3 Å². The fourth-order valence-electron chi connectivity index (χ4n) is 4.31. The van der Waals surface area contributed by atoms with Crippen LogP contribution in [0.15, 0.2) is 36.7 Å². The van der Waals surface area contributed by atoms with Gasteiger partial charge in [0.05, 0.1) is 5.69 Å². The number of unbranched alkanes of at least 4 members (excludes halogenated alkanes) is 11. The predicted molar refractivity (Wildman–Crippen MR) is 137 cm³/mol. The smallest absolute Gasteiger partial charge is 0.194 e. The predicted octanol–water partition coefficient (Wildman–Crippen LogP) is 9.26. The van der Waals surface area contributed by atoms with E-state index >= 15 is 0 Å². The van der Waals surface area contributed by atoms with Crippen molar-refractivity contribution >= 4 is 16.3 Å². The number of benzene rings is 1. The highest BCUT2D eigenvalue weighted by atomic mass is 32.1. The Labute approximate surface area is 194 Å². The minimum absolute atomic E-state index is 1.10.